The highest BCUT2D eigenvalue weighted by Gasteiger charge is 2.62. The predicted octanol–water partition coefficient (Wildman–Crippen LogP) is 4.87. The minimum atomic E-state index is 0.134. The van der Waals surface area contributed by atoms with Crippen LogP contribution in [0.15, 0.2) is 84.7 Å². The van der Waals surface area contributed by atoms with Crippen LogP contribution in [-0.2, 0) is 31.8 Å². The van der Waals surface area contributed by atoms with E-state index in [1.54, 1.807) is 17.5 Å². The molecule has 0 radical (unpaired) electrons. The van der Waals surface area contributed by atoms with Crippen molar-refractivity contribution in [2.45, 2.75) is 31.0 Å². The van der Waals surface area contributed by atoms with Gasteiger partial charge in [-0.1, -0.05) is 66.2 Å². The Kier molecular flexibility index (Phi) is 3.68. The molecule has 4 aliphatic rings. The Labute approximate surface area is 205 Å². The van der Waals surface area contributed by atoms with Crippen molar-refractivity contribution in [3.05, 3.63) is 107 Å². The highest BCUT2D eigenvalue weighted by molar-refractivity contribution is 5.80. The minimum Gasteiger partial charge on any atom is -0.352 e. The SMILES string of the molecule is CN1c2ccccc2N2Cc3cccc4c3C3(C4)C(Cc4ccccc4-c4ncnn4C)=CC3C12. The predicted molar refractivity (Wildman–Crippen MR) is 138 cm³/mol. The van der Waals surface area contributed by atoms with Gasteiger partial charge in [0.1, 0.15) is 12.5 Å². The van der Waals surface area contributed by atoms with Crippen molar-refractivity contribution in [1.29, 1.82) is 0 Å². The maximum Gasteiger partial charge on any atom is 0.158 e. The Bertz CT molecular complexity index is 1550. The van der Waals surface area contributed by atoms with E-state index in [1.807, 2.05) is 11.7 Å². The van der Waals surface area contributed by atoms with Crippen LogP contribution in [-0.4, -0.2) is 28.0 Å². The van der Waals surface area contributed by atoms with Gasteiger partial charge in [0.15, 0.2) is 5.82 Å². The van der Waals surface area contributed by atoms with Crippen molar-refractivity contribution in [1.82, 2.24) is 14.8 Å². The van der Waals surface area contributed by atoms with Crippen molar-refractivity contribution in [3.8, 4) is 11.4 Å². The third kappa shape index (κ3) is 2.33. The van der Waals surface area contributed by atoms with E-state index in [0.717, 1.165) is 25.2 Å². The van der Waals surface area contributed by atoms with Crippen molar-refractivity contribution in [2.24, 2.45) is 13.0 Å². The number of benzene rings is 3. The molecule has 4 aromatic rings. The second-order valence-electron chi connectivity index (χ2n) is 10.5. The van der Waals surface area contributed by atoms with Crippen LogP contribution in [0.4, 0.5) is 11.4 Å². The summed E-state index contributed by atoms with van der Waals surface area (Å²) in [5, 5.41) is 4.32. The zero-order valence-corrected chi connectivity index (χ0v) is 20.0. The Balaban J connectivity index is 1.26. The molecule has 0 fully saturated rings. The molecule has 3 unspecified atom stereocenters. The van der Waals surface area contributed by atoms with E-state index in [2.05, 4.69) is 99.7 Å². The van der Waals surface area contributed by atoms with Crippen molar-refractivity contribution in [3.63, 3.8) is 0 Å². The fraction of sp³-hybridized carbons (Fsp3) is 0.267. The van der Waals surface area contributed by atoms with E-state index in [9.17, 15) is 0 Å². The molecule has 35 heavy (non-hydrogen) atoms. The van der Waals surface area contributed by atoms with Gasteiger partial charge in [-0.05, 0) is 47.2 Å². The quantitative estimate of drug-likeness (QED) is 0.411. The van der Waals surface area contributed by atoms with Gasteiger partial charge in [-0.2, -0.15) is 5.10 Å². The largest absolute Gasteiger partial charge is 0.352 e. The molecule has 1 aromatic heterocycles. The Morgan fingerprint density at radius 3 is 2.57 bits per heavy atom. The standard InChI is InChI=1S/C30H27N5/c1-33-25-12-5-6-13-26(25)35-17-21-10-7-9-20-16-30(27(20)21)22(15-24(30)29(33)35)14-19-8-3-4-11-23(19)28-31-18-32-34(28)2/h3-13,15,18,24,29H,14,16-17H2,1-2H3. The van der Waals surface area contributed by atoms with Crippen molar-refractivity contribution >= 4 is 11.4 Å². The molecular weight excluding hydrogens is 430 g/mol. The summed E-state index contributed by atoms with van der Waals surface area (Å²) >= 11 is 0. The van der Waals surface area contributed by atoms with Crippen LogP contribution in [0, 0.1) is 5.92 Å². The lowest BCUT2D eigenvalue weighted by molar-refractivity contribution is 0.239. The maximum atomic E-state index is 4.55. The lowest BCUT2D eigenvalue weighted by Gasteiger charge is -2.58. The normalized spacial score (nSPS) is 24.9. The van der Waals surface area contributed by atoms with Crippen molar-refractivity contribution in [2.75, 3.05) is 16.8 Å². The summed E-state index contributed by atoms with van der Waals surface area (Å²) in [5.41, 5.74) is 11.6. The first kappa shape index (κ1) is 19.4. The summed E-state index contributed by atoms with van der Waals surface area (Å²) in [6.07, 6.45) is 6.69. The van der Waals surface area contributed by atoms with Gasteiger partial charge in [0, 0.05) is 37.5 Å². The van der Waals surface area contributed by atoms with Crippen LogP contribution in [0.3, 0.4) is 0 Å². The zero-order valence-electron chi connectivity index (χ0n) is 20.0. The number of aryl methyl sites for hydroxylation is 1. The van der Waals surface area contributed by atoms with E-state index in [-0.39, 0.29) is 5.41 Å². The highest BCUT2D eigenvalue weighted by Crippen LogP contribution is 2.64. The summed E-state index contributed by atoms with van der Waals surface area (Å²) in [4.78, 5) is 9.72. The molecule has 2 aliphatic heterocycles. The average Bonchev–Trinajstić information content (AvgIpc) is 3.36. The van der Waals surface area contributed by atoms with Gasteiger partial charge in [-0.25, -0.2) is 9.67 Å². The molecule has 0 bridgehead atoms. The van der Waals surface area contributed by atoms with Crippen LogP contribution in [0.2, 0.25) is 0 Å². The highest BCUT2D eigenvalue weighted by atomic mass is 15.4. The number of allylic oxidation sites excluding steroid dienone is 1. The van der Waals surface area contributed by atoms with E-state index < -0.39 is 0 Å². The first-order valence-electron chi connectivity index (χ1n) is 12.5. The first-order chi connectivity index (χ1) is 17.2. The minimum absolute atomic E-state index is 0.134. The van der Waals surface area contributed by atoms with E-state index >= 15 is 0 Å². The third-order valence-corrected chi connectivity index (χ3v) is 8.97. The van der Waals surface area contributed by atoms with Gasteiger partial charge in [-0.3, -0.25) is 0 Å². The van der Waals surface area contributed by atoms with Crippen LogP contribution >= 0.6 is 0 Å². The van der Waals surface area contributed by atoms with Crippen LogP contribution in [0.25, 0.3) is 11.4 Å². The summed E-state index contributed by atoms with van der Waals surface area (Å²) in [6.45, 7) is 0.976. The second kappa shape index (κ2) is 6.63. The van der Waals surface area contributed by atoms with Gasteiger partial charge in [0.25, 0.3) is 0 Å². The number of fused-ring (bicyclic) bond motifs is 4. The number of para-hydroxylation sites is 2. The molecule has 172 valence electrons. The monoisotopic (exact) mass is 457 g/mol. The lowest BCUT2D eigenvalue weighted by Crippen LogP contribution is -2.60. The van der Waals surface area contributed by atoms with Gasteiger partial charge < -0.3 is 9.80 Å². The molecule has 0 saturated heterocycles. The molecule has 3 atom stereocenters. The molecule has 0 amide bonds. The van der Waals surface area contributed by atoms with Crippen molar-refractivity contribution < 1.29 is 0 Å². The number of hydrogen-bond donors (Lipinski definition) is 0. The topological polar surface area (TPSA) is 37.2 Å². The molecule has 3 heterocycles. The van der Waals surface area contributed by atoms with Crippen LogP contribution in [0.1, 0.15) is 22.3 Å². The number of nitrogens with zero attached hydrogens (tertiary/aromatic N) is 5. The fourth-order valence-corrected chi connectivity index (χ4v) is 7.46. The maximum absolute atomic E-state index is 4.55. The first-order valence-corrected chi connectivity index (χ1v) is 12.5. The number of rotatable bonds is 3. The van der Waals surface area contributed by atoms with Crippen LogP contribution < -0.4 is 9.80 Å². The molecule has 8 rings (SSSR count). The van der Waals surface area contributed by atoms with E-state index in [0.29, 0.717) is 12.1 Å². The third-order valence-electron chi connectivity index (χ3n) is 8.97. The Morgan fingerprint density at radius 2 is 1.71 bits per heavy atom. The number of anilines is 2. The van der Waals surface area contributed by atoms with Gasteiger partial charge >= 0.3 is 0 Å². The Morgan fingerprint density at radius 1 is 0.914 bits per heavy atom. The molecule has 0 saturated carbocycles. The van der Waals surface area contributed by atoms with Gasteiger partial charge in [0.05, 0.1) is 11.4 Å². The molecule has 2 aliphatic carbocycles. The van der Waals surface area contributed by atoms with Gasteiger partial charge in [0.2, 0.25) is 0 Å². The summed E-state index contributed by atoms with van der Waals surface area (Å²) in [5.74, 6) is 1.41. The molecule has 0 N–H and O–H groups in total. The molecule has 3 aromatic carbocycles. The number of hydrogen-bond acceptors (Lipinski definition) is 4. The molecule has 5 heteroatoms. The average molecular weight is 458 g/mol. The van der Waals surface area contributed by atoms with E-state index in [1.165, 1.54) is 33.6 Å². The fourth-order valence-electron chi connectivity index (χ4n) is 7.46. The lowest BCUT2D eigenvalue weighted by atomic mass is 9.46. The summed E-state index contributed by atoms with van der Waals surface area (Å²) < 4.78 is 1.88. The van der Waals surface area contributed by atoms with Gasteiger partial charge in [-0.15, -0.1) is 0 Å². The molecule has 5 nitrogen and oxygen atoms in total. The summed E-state index contributed by atoms with van der Waals surface area (Å²) in [7, 11) is 4.25. The second-order valence-corrected chi connectivity index (χ2v) is 10.5. The van der Waals surface area contributed by atoms with Crippen LogP contribution in [0.5, 0.6) is 0 Å². The molecule has 1 spiro atoms. The Hall–Kier alpha value is -3.86. The number of aromatic nitrogens is 3. The molecular formula is C30H27N5. The summed E-state index contributed by atoms with van der Waals surface area (Å²) in [6, 6.07) is 24.6. The smallest absolute Gasteiger partial charge is 0.158 e. The van der Waals surface area contributed by atoms with E-state index in [4.69, 9.17) is 0 Å². The zero-order chi connectivity index (χ0) is 23.3.